The molecule has 3 aromatic carbocycles. The Morgan fingerprint density at radius 1 is 0.971 bits per heavy atom. The molecular weight excluding hydrogens is 442 g/mol. The van der Waals surface area contributed by atoms with Gasteiger partial charge in [-0.2, -0.15) is 0 Å². The second-order valence-electron chi connectivity index (χ2n) is 8.40. The van der Waals surface area contributed by atoms with E-state index < -0.39 is 6.04 Å². The van der Waals surface area contributed by atoms with Crippen molar-refractivity contribution in [3.63, 3.8) is 0 Å². The summed E-state index contributed by atoms with van der Waals surface area (Å²) in [7, 11) is 1.59. The molecule has 0 radical (unpaired) electrons. The summed E-state index contributed by atoms with van der Waals surface area (Å²) in [5.74, 6) is -0.208. The molecule has 0 bridgehead atoms. The lowest BCUT2D eigenvalue weighted by Crippen LogP contribution is -2.43. The van der Waals surface area contributed by atoms with E-state index in [1.165, 1.54) is 0 Å². The van der Waals surface area contributed by atoms with Gasteiger partial charge in [0.2, 0.25) is 11.8 Å². The van der Waals surface area contributed by atoms with Gasteiger partial charge in [0.05, 0.1) is 19.7 Å². The summed E-state index contributed by atoms with van der Waals surface area (Å²) < 4.78 is 5.42. The van der Waals surface area contributed by atoms with Crippen molar-refractivity contribution in [2.75, 3.05) is 13.7 Å². The van der Waals surface area contributed by atoms with Gasteiger partial charge in [-0.3, -0.25) is 14.4 Å². The van der Waals surface area contributed by atoms with E-state index in [1.807, 2.05) is 67.6 Å². The minimum Gasteiger partial charge on any atom is -0.496 e. The van der Waals surface area contributed by atoms with E-state index in [2.05, 4.69) is 10.6 Å². The van der Waals surface area contributed by atoms with Crippen molar-refractivity contribution in [1.29, 1.82) is 0 Å². The third kappa shape index (κ3) is 5.19. The molecule has 0 unspecified atom stereocenters. The van der Waals surface area contributed by atoms with Crippen LogP contribution in [0, 0.1) is 0 Å². The number of rotatable bonds is 9. The van der Waals surface area contributed by atoms with Gasteiger partial charge < -0.3 is 20.3 Å². The summed E-state index contributed by atoms with van der Waals surface area (Å²) in [4.78, 5) is 40.7. The van der Waals surface area contributed by atoms with Gasteiger partial charge in [0.25, 0.3) is 5.91 Å². The highest BCUT2D eigenvalue weighted by molar-refractivity contribution is 6.05. The van der Waals surface area contributed by atoms with Crippen LogP contribution in [0.1, 0.15) is 52.5 Å². The molecule has 7 heteroatoms. The maximum atomic E-state index is 13.3. The number of nitrogens with one attached hydrogen (secondary N) is 2. The van der Waals surface area contributed by atoms with Gasteiger partial charge in [-0.05, 0) is 29.7 Å². The Bertz CT molecular complexity index is 1210. The monoisotopic (exact) mass is 471 g/mol. The Balaban J connectivity index is 1.46. The Morgan fingerprint density at radius 3 is 2.40 bits per heavy atom. The molecule has 3 amide bonds. The first-order valence-corrected chi connectivity index (χ1v) is 11.7. The van der Waals surface area contributed by atoms with Crippen molar-refractivity contribution in [1.82, 2.24) is 15.5 Å². The number of nitrogens with zero attached hydrogens (tertiary/aromatic N) is 1. The van der Waals surface area contributed by atoms with Crippen LogP contribution in [0.15, 0.2) is 78.9 Å². The van der Waals surface area contributed by atoms with E-state index in [9.17, 15) is 14.4 Å². The van der Waals surface area contributed by atoms with E-state index in [-0.39, 0.29) is 30.3 Å². The number of hydrogen-bond donors (Lipinski definition) is 2. The minimum absolute atomic E-state index is 0.198. The SMILES string of the molecule is CC[C@H](NC(=O)CNC(=O)[C@@H]1c2ccccc2C(=O)N1Cc1ccccc1)c1ccccc1OC. The summed E-state index contributed by atoms with van der Waals surface area (Å²) >= 11 is 0. The molecule has 0 fully saturated rings. The zero-order valence-corrected chi connectivity index (χ0v) is 19.9. The summed E-state index contributed by atoms with van der Waals surface area (Å²) in [5, 5.41) is 5.70. The summed E-state index contributed by atoms with van der Waals surface area (Å²) in [6, 6.07) is 23.1. The topological polar surface area (TPSA) is 87.7 Å². The maximum Gasteiger partial charge on any atom is 0.255 e. The van der Waals surface area contributed by atoms with E-state index in [0.717, 1.165) is 11.1 Å². The number of carbonyl (C=O) groups excluding carboxylic acids is 3. The van der Waals surface area contributed by atoms with E-state index in [0.29, 0.717) is 29.8 Å². The molecule has 180 valence electrons. The Hall–Kier alpha value is -4.13. The molecule has 1 aliphatic rings. The van der Waals surface area contributed by atoms with Gasteiger partial charge in [-0.15, -0.1) is 0 Å². The van der Waals surface area contributed by atoms with Gasteiger partial charge in [0.15, 0.2) is 0 Å². The van der Waals surface area contributed by atoms with Crippen molar-refractivity contribution in [3.05, 3.63) is 101 Å². The number of methoxy groups -OCH3 is 1. The maximum absolute atomic E-state index is 13.3. The number of benzene rings is 3. The third-order valence-corrected chi connectivity index (χ3v) is 6.18. The highest BCUT2D eigenvalue weighted by Gasteiger charge is 2.40. The van der Waals surface area contributed by atoms with Crippen LogP contribution in [0.4, 0.5) is 0 Å². The molecule has 35 heavy (non-hydrogen) atoms. The highest BCUT2D eigenvalue weighted by Crippen LogP contribution is 2.35. The van der Waals surface area contributed by atoms with Gasteiger partial charge >= 0.3 is 0 Å². The van der Waals surface area contributed by atoms with Crippen LogP contribution >= 0.6 is 0 Å². The molecule has 1 heterocycles. The Morgan fingerprint density at radius 2 is 1.66 bits per heavy atom. The first-order valence-electron chi connectivity index (χ1n) is 11.7. The molecule has 0 aromatic heterocycles. The Kier molecular flexibility index (Phi) is 7.45. The molecular formula is C28H29N3O4. The number of amides is 3. The molecule has 2 atom stereocenters. The fraction of sp³-hybridized carbons (Fsp3) is 0.250. The predicted molar refractivity (Wildman–Crippen MR) is 133 cm³/mol. The summed E-state index contributed by atoms with van der Waals surface area (Å²) in [5.41, 5.74) is 2.95. The molecule has 0 saturated heterocycles. The smallest absolute Gasteiger partial charge is 0.255 e. The lowest BCUT2D eigenvalue weighted by Gasteiger charge is -2.25. The first-order chi connectivity index (χ1) is 17.0. The minimum atomic E-state index is -0.803. The van der Waals surface area contributed by atoms with Crippen LogP contribution in [0.25, 0.3) is 0 Å². The van der Waals surface area contributed by atoms with Gasteiger partial charge in [-0.1, -0.05) is 73.7 Å². The number of carbonyl (C=O) groups is 3. The lowest BCUT2D eigenvalue weighted by atomic mass is 10.0. The van der Waals surface area contributed by atoms with Gasteiger partial charge in [0, 0.05) is 17.7 Å². The fourth-order valence-corrected chi connectivity index (χ4v) is 4.46. The summed E-state index contributed by atoms with van der Waals surface area (Å²) in [6.45, 7) is 2.07. The van der Waals surface area contributed by atoms with E-state index in [1.54, 1.807) is 30.2 Å². The van der Waals surface area contributed by atoms with Crippen molar-refractivity contribution in [3.8, 4) is 5.75 Å². The third-order valence-electron chi connectivity index (χ3n) is 6.18. The largest absolute Gasteiger partial charge is 0.496 e. The quantitative estimate of drug-likeness (QED) is 0.497. The number of para-hydroxylation sites is 1. The standard InChI is InChI=1S/C28H29N3O4/c1-3-23(22-15-9-10-16-24(22)35-2)30-25(32)17-29-27(33)26-20-13-7-8-14-21(20)28(34)31(26)18-19-11-5-4-6-12-19/h4-16,23,26H,3,17-18H2,1-2H3,(H,29,33)(H,30,32)/t23-,26-/m0/s1. The lowest BCUT2D eigenvalue weighted by molar-refractivity contribution is -0.129. The fourth-order valence-electron chi connectivity index (χ4n) is 4.46. The van der Waals surface area contributed by atoms with Crippen molar-refractivity contribution >= 4 is 17.7 Å². The average molecular weight is 472 g/mol. The molecule has 0 aliphatic carbocycles. The molecule has 0 saturated carbocycles. The molecule has 0 spiro atoms. The molecule has 3 aromatic rings. The normalized spacial score (nSPS) is 15.3. The second kappa shape index (κ2) is 10.9. The average Bonchev–Trinajstić information content (AvgIpc) is 3.17. The van der Waals surface area contributed by atoms with Crippen LogP contribution in [-0.2, 0) is 16.1 Å². The van der Waals surface area contributed by atoms with Crippen LogP contribution < -0.4 is 15.4 Å². The Labute approximate surface area is 205 Å². The second-order valence-corrected chi connectivity index (χ2v) is 8.40. The molecule has 2 N–H and O–H groups in total. The molecule has 1 aliphatic heterocycles. The number of fused-ring (bicyclic) bond motifs is 1. The van der Waals surface area contributed by atoms with Crippen molar-refractivity contribution < 1.29 is 19.1 Å². The number of ether oxygens (including phenoxy) is 1. The number of hydrogen-bond acceptors (Lipinski definition) is 4. The van der Waals surface area contributed by atoms with Crippen LogP contribution in [0.2, 0.25) is 0 Å². The van der Waals surface area contributed by atoms with Crippen LogP contribution in [-0.4, -0.2) is 36.3 Å². The molecule has 4 rings (SSSR count). The predicted octanol–water partition coefficient (Wildman–Crippen LogP) is 3.78. The van der Waals surface area contributed by atoms with Gasteiger partial charge in [-0.25, -0.2) is 0 Å². The zero-order valence-electron chi connectivity index (χ0n) is 19.9. The molecule has 7 nitrogen and oxygen atoms in total. The van der Waals surface area contributed by atoms with Crippen LogP contribution in [0.5, 0.6) is 5.75 Å². The van der Waals surface area contributed by atoms with Crippen LogP contribution in [0.3, 0.4) is 0 Å². The van der Waals surface area contributed by atoms with E-state index >= 15 is 0 Å². The van der Waals surface area contributed by atoms with Crippen molar-refractivity contribution in [2.45, 2.75) is 32.0 Å². The zero-order chi connectivity index (χ0) is 24.8. The highest BCUT2D eigenvalue weighted by atomic mass is 16.5. The first kappa shape index (κ1) is 24.0. The van der Waals surface area contributed by atoms with Crippen molar-refractivity contribution in [2.24, 2.45) is 0 Å². The summed E-state index contributed by atoms with van der Waals surface area (Å²) in [6.07, 6.45) is 0.662. The van der Waals surface area contributed by atoms with Gasteiger partial charge in [0.1, 0.15) is 11.8 Å². The van der Waals surface area contributed by atoms with E-state index in [4.69, 9.17) is 4.74 Å².